The Morgan fingerprint density at radius 1 is 1.03 bits per heavy atom. The van der Waals surface area contributed by atoms with Crippen LogP contribution in [0.1, 0.15) is 6.92 Å². The molecular formula is C22H30N4O4S. The van der Waals surface area contributed by atoms with Crippen LogP contribution in [-0.4, -0.2) is 71.9 Å². The normalized spacial score (nSPS) is 14.9. The van der Waals surface area contributed by atoms with Gasteiger partial charge in [-0.2, -0.15) is 0 Å². The molecule has 1 saturated heterocycles. The van der Waals surface area contributed by atoms with Gasteiger partial charge < -0.3 is 19.9 Å². The van der Waals surface area contributed by atoms with E-state index in [0.717, 1.165) is 42.4 Å². The van der Waals surface area contributed by atoms with Crippen LogP contribution >= 0.6 is 0 Å². The Kier molecular flexibility index (Phi) is 7.40. The first-order valence-corrected chi connectivity index (χ1v) is 12.1. The Morgan fingerprint density at radius 2 is 1.65 bits per heavy atom. The lowest BCUT2D eigenvalue weighted by Gasteiger charge is -2.34. The third-order valence-corrected chi connectivity index (χ3v) is 6.28. The molecule has 0 unspecified atom stereocenters. The van der Waals surface area contributed by atoms with Crippen LogP contribution in [-0.2, 0) is 14.8 Å². The molecule has 0 saturated carbocycles. The van der Waals surface area contributed by atoms with Gasteiger partial charge in [0.05, 0.1) is 18.6 Å². The zero-order valence-corrected chi connectivity index (χ0v) is 19.1. The summed E-state index contributed by atoms with van der Waals surface area (Å²) < 4.78 is 31.0. The van der Waals surface area contributed by atoms with Gasteiger partial charge in [-0.25, -0.2) is 8.42 Å². The van der Waals surface area contributed by atoms with Gasteiger partial charge in [-0.1, -0.05) is 0 Å². The maximum absolute atomic E-state index is 12.6. The number of sulfonamides is 1. The van der Waals surface area contributed by atoms with E-state index < -0.39 is 15.9 Å². The topological polar surface area (TPSA) is 82.2 Å². The Morgan fingerprint density at radius 3 is 2.19 bits per heavy atom. The molecular weight excluding hydrogens is 416 g/mol. The van der Waals surface area contributed by atoms with E-state index in [9.17, 15) is 13.2 Å². The number of ether oxygens (including phenoxy) is 1. The van der Waals surface area contributed by atoms with Crippen LogP contribution in [0.4, 0.5) is 17.1 Å². The summed E-state index contributed by atoms with van der Waals surface area (Å²) in [7, 11) is -1.52. The average molecular weight is 447 g/mol. The van der Waals surface area contributed by atoms with Crippen molar-refractivity contribution in [3.05, 3.63) is 48.5 Å². The van der Waals surface area contributed by atoms with Crippen LogP contribution in [0, 0.1) is 0 Å². The maximum atomic E-state index is 12.6. The van der Waals surface area contributed by atoms with E-state index in [1.807, 2.05) is 31.2 Å². The zero-order valence-electron chi connectivity index (χ0n) is 18.2. The molecule has 1 amide bonds. The fraction of sp³-hybridized carbons (Fsp3) is 0.409. The summed E-state index contributed by atoms with van der Waals surface area (Å²) in [5.41, 5.74) is 2.15. The van der Waals surface area contributed by atoms with Gasteiger partial charge in [0.2, 0.25) is 15.9 Å². The second-order valence-corrected chi connectivity index (χ2v) is 9.49. The lowest BCUT2D eigenvalue weighted by molar-refractivity contribution is -0.114. The predicted octanol–water partition coefficient (Wildman–Crippen LogP) is 2.24. The molecule has 1 heterocycles. The van der Waals surface area contributed by atoms with Crippen molar-refractivity contribution in [3.63, 3.8) is 0 Å². The summed E-state index contributed by atoms with van der Waals surface area (Å²) in [6.45, 7) is 6.05. The first-order chi connectivity index (χ1) is 14.8. The molecule has 0 radical (unpaired) electrons. The SMILES string of the molecule is CCOc1ccc(N(CC(=O)Nc2ccc(N3CCN(C)CC3)cc2)S(C)(=O)=O)cc1. The monoisotopic (exact) mass is 446 g/mol. The Bertz CT molecular complexity index is 970. The molecule has 8 nitrogen and oxygen atoms in total. The number of nitrogens with zero attached hydrogens (tertiary/aromatic N) is 3. The van der Waals surface area contributed by atoms with Crippen LogP contribution in [0.2, 0.25) is 0 Å². The van der Waals surface area contributed by atoms with Crippen LogP contribution in [0.5, 0.6) is 5.75 Å². The summed E-state index contributed by atoms with van der Waals surface area (Å²) in [5.74, 6) is 0.233. The molecule has 1 N–H and O–H groups in total. The van der Waals surface area contributed by atoms with E-state index in [0.29, 0.717) is 23.7 Å². The number of piperazine rings is 1. The first kappa shape index (κ1) is 22.9. The zero-order chi connectivity index (χ0) is 22.4. The molecule has 0 atom stereocenters. The Balaban J connectivity index is 1.64. The minimum absolute atomic E-state index is 0.312. The van der Waals surface area contributed by atoms with E-state index >= 15 is 0 Å². The van der Waals surface area contributed by atoms with Gasteiger partial charge >= 0.3 is 0 Å². The van der Waals surface area contributed by atoms with Crippen molar-refractivity contribution in [2.75, 3.05) is 67.2 Å². The number of nitrogens with one attached hydrogen (secondary N) is 1. The summed E-state index contributed by atoms with van der Waals surface area (Å²) >= 11 is 0. The third-order valence-electron chi connectivity index (χ3n) is 5.14. The molecule has 2 aromatic rings. The average Bonchev–Trinajstić information content (AvgIpc) is 2.73. The van der Waals surface area contributed by atoms with Crippen molar-refractivity contribution in [1.82, 2.24) is 4.90 Å². The molecule has 2 aromatic carbocycles. The summed E-state index contributed by atoms with van der Waals surface area (Å²) in [6.07, 6.45) is 1.08. The van der Waals surface area contributed by atoms with Gasteiger partial charge in [0.25, 0.3) is 0 Å². The molecule has 1 aliphatic rings. The van der Waals surface area contributed by atoms with Crippen molar-refractivity contribution in [1.29, 1.82) is 0 Å². The highest BCUT2D eigenvalue weighted by molar-refractivity contribution is 7.92. The lowest BCUT2D eigenvalue weighted by atomic mass is 10.2. The van der Waals surface area contributed by atoms with Crippen molar-refractivity contribution < 1.29 is 17.9 Å². The molecule has 9 heteroatoms. The van der Waals surface area contributed by atoms with Gasteiger partial charge in [0, 0.05) is 37.6 Å². The molecule has 1 aliphatic heterocycles. The smallest absolute Gasteiger partial charge is 0.245 e. The standard InChI is InChI=1S/C22H30N4O4S/c1-4-30-21-11-9-20(10-12-21)26(31(3,28)29)17-22(27)23-18-5-7-19(8-6-18)25-15-13-24(2)14-16-25/h5-12H,4,13-17H2,1-3H3,(H,23,27). The molecule has 3 rings (SSSR count). The second-order valence-electron chi connectivity index (χ2n) is 7.58. The maximum Gasteiger partial charge on any atom is 0.245 e. The molecule has 0 spiro atoms. The van der Waals surface area contributed by atoms with Gasteiger partial charge in [-0.15, -0.1) is 0 Å². The number of carbonyl (C=O) groups excluding carboxylic acids is 1. The molecule has 168 valence electrons. The lowest BCUT2D eigenvalue weighted by Crippen LogP contribution is -2.44. The van der Waals surface area contributed by atoms with Gasteiger partial charge in [0.15, 0.2) is 0 Å². The minimum Gasteiger partial charge on any atom is -0.494 e. The summed E-state index contributed by atoms with van der Waals surface area (Å²) in [5, 5.41) is 2.79. The number of anilines is 3. The molecule has 0 bridgehead atoms. The number of rotatable bonds is 8. The van der Waals surface area contributed by atoms with Crippen molar-refractivity contribution in [3.8, 4) is 5.75 Å². The van der Waals surface area contributed by atoms with E-state index in [1.54, 1.807) is 24.3 Å². The fourth-order valence-electron chi connectivity index (χ4n) is 3.43. The highest BCUT2D eigenvalue weighted by Gasteiger charge is 2.21. The highest BCUT2D eigenvalue weighted by atomic mass is 32.2. The molecule has 0 aromatic heterocycles. The van der Waals surface area contributed by atoms with Crippen molar-refractivity contribution in [2.24, 2.45) is 0 Å². The Hall–Kier alpha value is -2.78. The summed E-state index contributed by atoms with van der Waals surface area (Å²) in [6, 6.07) is 14.3. The van der Waals surface area contributed by atoms with E-state index in [-0.39, 0.29) is 6.54 Å². The molecule has 0 aliphatic carbocycles. The number of hydrogen-bond acceptors (Lipinski definition) is 6. The second kappa shape index (κ2) is 10.0. The quantitative estimate of drug-likeness (QED) is 0.670. The number of carbonyl (C=O) groups is 1. The van der Waals surface area contributed by atoms with Crippen molar-refractivity contribution >= 4 is 33.0 Å². The van der Waals surface area contributed by atoms with Crippen LogP contribution in [0.3, 0.4) is 0 Å². The van der Waals surface area contributed by atoms with Crippen LogP contribution in [0.15, 0.2) is 48.5 Å². The third kappa shape index (κ3) is 6.35. The first-order valence-electron chi connectivity index (χ1n) is 10.3. The number of likely N-dealkylation sites (N-methyl/N-ethyl adjacent to an activating group) is 1. The molecule has 1 fully saturated rings. The van der Waals surface area contributed by atoms with E-state index in [1.165, 1.54) is 0 Å². The van der Waals surface area contributed by atoms with Crippen molar-refractivity contribution in [2.45, 2.75) is 6.92 Å². The number of benzene rings is 2. The van der Waals surface area contributed by atoms with E-state index in [4.69, 9.17) is 4.74 Å². The van der Waals surface area contributed by atoms with Gasteiger partial charge in [-0.05, 0) is 62.5 Å². The number of amides is 1. The van der Waals surface area contributed by atoms with Gasteiger partial charge in [0.1, 0.15) is 12.3 Å². The van der Waals surface area contributed by atoms with Crippen LogP contribution in [0.25, 0.3) is 0 Å². The molecule has 31 heavy (non-hydrogen) atoms. The highest BCUT2D eigenvalue weighted by Crippen LogP contribution is 2.23. The van der Waals surface area contributed by atoms with E-state index in [2.05, 4.69) is 22.2 Å². The van der Waals surface area contributed by atoms with Crippen LogP contribution < -0.4 is 19.3 Å². The fourth-order valence-corrected chi connectivity index (χ4v) is 4.28. The minimum atomic E-state index is -3.64. The summed E-state index contributed by atoms with van der Waals surface area (Å²) in [4.78, 5) is 17.2. The Labute approximate surface area is 184 Å². The number of hydrogen-bond donors (Lipinski definition) is 1. The van der Waals surface area contributed by atoms with Gasteiger partial charge in [-0.3, -0.25) is 9.10 Å². The largest absolute Gasteiger partial charge is 0.494 e. The predicted molar refractivity (Wildman–Crippen MR) is 125 cm³/mol.